The van der Waals surface area contributed by atoms with Crippen molar-refractivity contribution in [3.05, 3.63) is 53.1 Å². The van der Waals surface area contributed by atoms with Crippen LogP contribution in [0.5, 0.6) is 11.5 Å². The van der Waals surface area contributed by atoms with Crippen LogP contribution < -0.4 is 9.47 Å². The third kappa shape index (κ3) is 1.58. The molecule has 2 aromatic carbocycles. The molecule has 0 amide bonds. The van der Waals surface area contributed by atoms with Gasteiger partial charge in [-0.2, -0.15) is 0 Å². The van der Waals surface area contributed by atoms with E-state index in [1.54, 1.807) is 14.2 Å². The minimum Gasteiger partial charge on any atom is -0.493 e. The zero-order valence-electron chi connectivity index (χ0n) is 12.1. The summed E-state index contributed by atoms with van der Waals surface area (Å²) in [6, 6.07) is 8.51. The molecular weight excluding hydrogens is 248 g/mol. The molecule has 0 radical (unpaired) electrons. The van der Waals surface area contributed by atoms with Crippen LogP contribution >= 0.6 is 0 Å². The Kier molecular flexibility index (Phi) is 3.01. The van der Waals surface area contributed by atoms with Crippen LogP contribution in [0.15, 0.2) is 30.8 Å². The van der Waals surface area contributed by atoms with Gasteiger partial charge in [0, 0.05) is 17.5 Å². The second-order valence-corrected chi connectivity index (χ2v) is 5.00. The summed E-state index contributed by atoms with van der Waals surface area (Å²) in [6.07, 6.45) is 2.74. The van der Waals surface area contributed by atoms with Crippen LogP contribution in [-0.4, -0.2) is 14.2 Å². The number of benzene rings is 2. The maximum atomic E-state index is 5.64. The van der Waals surface area contributed by atoms with Gasteiger partial charge in [-0.25, -0.2) is 0 Å². The Morgan fingerprint density at radius 2 is 1.80 bits per heavy atom. The summed E-state index contributed by atoms with van der Waals surface area (Å²) in [4.78, 5) is 0. The van der Waals surface area contributed by atoms with E-state index in [2.05, 4.69) is 37.8 Å². The fourth-order valence-corrected chi connectivity index (χ4v) is 3.21. The predicted octanol–water partition coefficient (Wildman–Crippen LogP) is 4.23. The van der Waals surface area contributed by atoms with Crippen LogP contribution in [0.4, 0.5) is 0 Å². The molecule has 2 heteroatoms. The van der Waals surface area contributed by atoms with E-state index in [4.69, 9.17) is 9.47 Å². The molecule has 1 aliphatic carbocycles. The highest BCUT2D eigenvalue weighted by molar-refractivity contribution is 5.87. The molecule has 0 aliphatic heterocycles. The molecule has 0 bridgehead atoms. The second kappa shape index (κ2) is 4.71. The summed E-state index contributed by atoms with van der Waals surface area (Å²) in [7, 11) is 3.38. The highest BCUT2D eigenvalue weighted by atomic mass is 16.5. The van der Waals surface area contributed by atoms with Crippen LogP contribution in [-0.2, 0) is 6.42 Å². The Morgan fingerprint density at radius 3 is 2.45 bits per heavy atom. The molecule has 0 aromatic heterocycles. The summed E-state index contributed by atoms with van der Waals surface area (Å²) in [5, 5.41) is 0. The van der Waals surface area contributed by atoms with E-state index >= 15 is 0 Å². The molecule has 3 rings (SSSR count). The number of methoxy groups -OCH3 is 2. The van der Waals surface area contributed by atoms with Gasteiger partial charge in [0.25, 0.3) is 0 Å². The quantitative estimate of drug-likeness (QED) is 0.706. The average Bonchev–Trinajstić information content (AvgIpc) is 2.86. The van der Waals surface area contributed by atoms with E-state index in [-0.39, 0.29) is 0 Å². The minimum atomic E-state index is 0.784. The summed E-state index contributed by atoms with van der Waals surface area (Å²) in [5.41, 5.74) is 7.34. The zero-order valence-corrected chi connectivity index (χ0v) is 12.1. The molecule has 0 saturated heterocycles. The van der Waals surface area contributed by atoms with Gasteiger partial charge in [-0.1, -0.05) is 36.9 Å². The summed E-state index contributed by atoms with van der Waals surface area (Å²) < 4.78 is 11.2. The van der Waals surface area contributed by atoms with E-state index < -0.39 is 0 Å². The highest BCUT2D eigenvalue weighted by Crippen LogP contribution is 2.49. The fraction of sp³-hybridized carbons (Fsp3) is 0.222. The van der Waals surface area contributed by atoms with Gasteiger partial charge < -0.3 is 9.47 Å². The first-order valence-corrected chi connectivity index (χ1v) is 6.71. The van der Waals surface area contributed by atoms with Gasteiger partial charge in [-0.3, -0.25) is 0 Å². The minimum absolute atomic E-state index is 0.784. The molecule has 0 spiro atoms. The molecule has 20 heavy (non-hydrogen) atoms. The van der Waals surface area contributed by atoms with Gasteiger partial charge in [-0.15, -0.1) is 0 Å². The van der Waals surface area contributed by atoms with Crippen LogP contribution in [0.3, 0.4) is 0 Å². The van der Waals surface area contributed by atoms with Crippen LogP contribution in [0, 0.1) is 6.92 Å². The van der Waals surface area contributed by atoms with E-state index in [1.807, 2.05) is 6.08 Å². The van der Waals surface area contributed by atoms with Crippen LogP contribution in [0.2, 0.25) is 0 Å². The first-order valence-electron chi connectivity index (χ1n) is 6.71. The molecule has 1 aliphatic rings. The Bertz CT molecular complexity index is 699. The van der Waals surface area contributed by atoms with Gasteiger partial charge >= 0.3 is 0 Å². The van der Waals surface area contributed by atoms with Crippen molar-refractivity contribution in [2.45, 2.75) is 13.3 Å². The third-order valence-corrected chi connectivity index (χ3v) is 4.07. The third-order valence-electron chi connectivity index (χ3n) is 4.07. The summed E-state index contributed by atoms with van der Waals surface area (Å²) >= 11 is 0. The van der Waals surface area contributed by atoms with Crippen molar-refractivity contribution in [2.24, 2.45) is 0 Å². The molecule has 0 fully saturated rings. The average molecular weight is 266 g/mol. The van der Waals surface area contributed by atoms with Crippen molar-refractivity contribution in [3.8, 4) is 22.6 Å². The Morgan fingerprint density at radius 1 is 1.10 bits per heavy atom. The Balaban J connectivity index is 2.41. The first kappa shape index (κ1) is 12.8. The van der Waals surface area contributed by atoms with Gasteiger partial charge in [0.15, 0.2) is 11.5 Å². The monoisotopic (exact) mass is 266 g/mol. The fourth-order valence-electron chi connectivity index (χ4n) is 3.21. The predicted molar refractivity (Wildman–Crippen MR) is 82.6 cm³/mol. The molecule has 102 valence electrons. The zero-order chi connectivity index (χ0) is 14.3. The topological polar surface area (TPSA) is 18.5 Å². The first-order chi connectivity index (χ1) is 9.72. The molecule has 0 N–H and O–H groups in total. The summed E-state index contributed by atoms with van der Waals surface area (Å²) in [5.74, 6) is 1.62. The number of rotatable bonds is 3. The van der Waals surface area contributed by atoms with Crippen LogP contribution in [0.1, 0.15) is 22.3 Å². The van der Waals surface area contributed by atoms with Crippen molar-refractivity contribution >= 4 is 6.08 Å². The number of ether oxygens (including phenoxy) is 2. The van der Waals surface area contributed by atoms with Gasteiger partial charge in [0.2, 0.25) is 0 Å². The molecule has 0 unspecified atom stereocenters. The molecular formula is C18H18O2. The van der Waals surface area contributed by atoms with Gasteiger partial charge in [0.1, 0.15) is 0 Å². The maximum Gasteiger partial charge on any atom is 0.168 e. The summed E-state index contributed by atoms with van der Waals surface area (Å²) in [6.45, 7) is 6.05. The van der Waals surface area contributed by atoms with Crippen molar-refractivity contribution in [1.82, 2.24) is 0 Å². The molecule has 0 heterocycles. The standard InChI is InChI=1S/C18H18O2/c1-5-13-11(2)16-14-9-7-6-8-12(14)10-15(16)18(20-4)17(13)19-3/h5-9H,1,10H2,2-4H3. The largest absolute Gasteiger partial charge is 0.493 e. The Hall–Kier alpha value is -2.22. The van der Waals surface area contributed by atoms with Gasteiger partial charge in [0.05, 0.1) is 14.2 Å². The van der Waals surface area contributed by atoms with E-state index in [0.29, 0.717) is 0 Å². The van der Waals surface area contributed by atoms with Gasteiger partial charge in [-0.05, 0) is 29.2 Å². The lowest BCUT2D eigenvalue weighted by atomic mass is 9.94. The lowest BCUT2D eigenvalue weighted by Gasteiger charge is -2.18. The SMILES string of the molecule is C=Cc1c(C)c2c(c(OC)c1OC)Cc1ccccc1-2. The van der Waals surface area contributed by atoms with Crippen molar-refractivity contribution in [2.75, 3.05) is 14.2 Å². The maximum absolute atomic E-state index is 5.64. The van der Waals surface area contributed by atoms with Crippen LogP contribution in [0.25, 0.3) is 17.2 Å². The Labute approximate surface area is 119 Å². The van der Waals surface area contributed by atoms with Crippen molar-refractivity contribution < 1.29 is 9.47 Å². The van der Waals surface area contributed by atoms with E-state index in [0.717, 1.165) is 23.5 Å². The molecule has 2 nitrogen and oxygen atoms in total. The molecule has 0 saturated carbocycles. The normalized spacial score (nSPS) is 11.8. The molecule has 0 atom stereocenters. The molecule has 2 aromatic rings. The number of fused-ring (bicyclic) bond motifs is 3. The van der Waals surface area contributed by atoms with E-state index in [9.17, 15) is 0 Å². The lowest BCUT2D eigenvalue weighted by Crippen LogP contribution is -2.00. The van der Waals surface area contributed by atoms with Crippen molar-refractivity contribution in [3.63, 3.8) is 0 Å². The van der Waals surface area contributed by atoms with Crippen molar-refractivity contribution in [1.29, 1.82) is 0 Å². The highest BCUT2D eigenvalue weighted by Gasteiger charge is 2.28. The number of hydrogen-bond donors (Lipinski definition) is 0. The van der Waals surface area contributed by atoms with E-state index in [1.165, 1.54) is 27.8 Å². The smallest absolute Gasteiger partial charge is 0.168 e. The lowest BCUT2D eigenvalue weighted by molar-refractivity contribution is 0.352. The number of hydrogen-bond acceptors (Lipinski definition) is 2. The second-order valence-electron chi connectivity index (χ2n) is 5.00.